The lowest BCUT2D eigenvalue weighted by molar-refractivity contribution is 0.402. The molecule has 1 aliphatic rings. The van der Waals surface area contributed by atoms with Gasteiger partial charge in [-0.2, -0.15) is 0 Å². The molecule has 4 aromatic heterocycles. The summed E-state index contributed by atoms with van der Waals surface area (Å²) in [6.45, 7) is 6.40. The molecule has 0 unspecified atom stereocenters. The summed E-state index contributed by atoms with van der Waals surface area (Å²) < 4.78 is 2.25. The molecular weight excluding hydrogens is 324 g/mol. The predicted molar refractivity (Wildman–Crippen MR) is 102 cm³/mol. The van der Waals surface area contributed by atoms with Crippen molar-refractivity contribution < 1.29 is 0 Å². The van der Waals surface area contributed by atoms with E-state index in [9.17, 15) is 0 Å². The molecule has 1 fully saturated rings. The van der Waals surface area contributed by atoms with Crippen LogP contribution in [0, 0.1) is 6.92 Å². The van der Waals surface area contributed by atoms with Crippen LogP contribution in [0.3, 0.4) is 0 Å². The molecule has 0 spiro atoms. The number of nitrogens with one attached hydrogen (secondary N) is 1. The van der Waals surface area contributed by atoms with E-state index in [4.69, 9.17) is 4.98 Å². The van der Waals surface area contributed by atoms with E-state index in [2.05, 4.69) is 44.4 Å². The number of rotatable bonds is 3. The Bertz CT molecular complexity index is 1120. The Balaban J connectivity index is 1.64. The van der Waals surface area contributed by atoms with Gasteiger partial charge in [0.25, 0.3) is 0 Å². The number of aromatic amines is 1. The maximum absolute atomic E-state index is 4.74. The average molecular weight is 346 g/mol. The lowest BCUT2D eigenvalue weighted by Crippen LogP contribution is -2.12. The summed E-state index contributed by atoms with van der Waals surface area (Å²) in [5.41, 5.74) is 4.90. The molecule has 6 heteroatoms. The Morgan fingerprint density at radius 2 is 2.00 bits per heavy atom. The van der Waals surface area contributed by atoms with Gasteiger partial charge >= 0.3 is 0 Å². The summed E-state index contributed by atoms with van der Waals surface area (Å²) in [6, 6.07) is 2.48. The smallest absolute Gasteiger partial charge is 0.141 e. The fourth-order valence-corrected chi connectivity index (χ4v) is 3.91. The normalized spacial score (nSPS) is 15.2. The molecule has 0 saturated heterocycles. The molecule has 6 nitrogen and oxygen atoms in total. The Hall–Kier alpha value is -2.76. The van der Waals surface area contributed by atoms with Crippen LogP contribution in [-0.4, -0.2) is 29.5 Å². The van der Waals surface area contributed by atoms with E-state index >= 15 is 0 Å². The summed E-state index contributed by atoms with van der Waals surface area (Å²) in [7, 11) is 0. The molecule has 0 radical (unpaired) electrons. The van der Waals surface area contributed by atoms with E-state index in [0.717, 1.165) is 45.0 Å². The Morgan fingerprint density at radius 3 is 2.73 bits per heavy atom. The topological polar surface area (TPSA) is 72.3 Å². The molecular formula is C20H22N6. The minimum absolute atomic E-state index is 0.353. The van der Waals surface area contributed by atoms with E-state index in [0.29, 0.717) is 12.0 Å². The molecule has 5 rings (SSSR count). The minimum Gasteiger partial charge on any atom is -0.345 e. The van der Waals surface area contributed by atoms with E-state index in [-0.39, 0.29) is 0 Å². The molecule has 0 amide bonds. The van der Waals surface area contributed by atoms with Gasteiger partial charge in [-0.1, -0.05) is 6.42 Å². The third kappa shape index (κ3) is 2.25. The number of hydrogen-bond acceptors (Lipinski definition) is 4. The zero-order valence-electron chi connectivity index (χ0n) is 15.3. The van der Waals surface area contributed by atoms with Gasteiger partial charge in [0, 0.05) is 35.3 Å². The van der Waals surface area contributed by atoms with Crippen LogP contribution in [0.4, 0.5) is 0 Å². The first-order chi connectivity index (χ1) is 12.6. The number of aromatic nitrogens is 6. The van der Waals surface area contributed by atoms with Crippen LogP contribution in [0.25, 0.3) is 33.3 Å². The van der Waals surface area contributed by atoms with Crippen molar-refractivity contribution in [2.75, 3.05) is 0 Å². The molecule has 0 aliphatic heterocycles. The standard InChI is InChI=1S/C20H22N6/c1-11(2)26-12(3)24-17-10-21-16(7-18(17)26)14-8-23-20-15(14)9-22-19(25-20)13-5-4-6-13/h7-11,13H,4-6H2,1-3H3,(H,22,23,25). The van der Waals surface area contributed by atoms with Gasteiger partial charge in [-0.15, -0.1) is 0 Å². The molecule has 132 valence electrons. The fourth-order valence-electron chi connectivity index (χ4n) is 3.91. The molecule has 1 aliphatic carbocycles. The van der Waals surface area contributed by atoms with Crippen LogP contribution < -0.4 is 0 Å². The summed E-state index contributed by atoms with van der Waals surface area (Å²) in [4.78, 5) is 22.0. The van der Waals surface area contributed by atoms with Crippen molar-refractivity contribution in [3.8, 4) is 11.3 Å². The Morgan fingerprint density at radius 1 is 1.15 bits per heavy atom. The lowest BCUT2D eigenvalue weighted by atomic mass is 9.85. The van der Waals surface area contributed by atoms with Gasteiger partial charge < -0.3 is 9.55 Å². The van der Waals surface area contributed by atoms with Gasteiger partial charge in [0.05, 0.1) is 17.4 Å². The van der Waals surface area contributed by atoms with Crippen molar-refractivity contribution in [2.24, 2.45) is 0 Å². The fraction of sp³-hybridized carbons (Fsp3) is 0.400. The van der Waals surface area contributed by atoms with Crippen LogP contribution in [-0.2, 0) is 0 Å². The molecule has 1 N–H and O–H groups in total. The maximum Gasteiger partial charge on any atom is 0.141 e. The highest BCUT2D eigenvalue weighted by Gasteiger charge is 2.23. The summed E-state index contributed by atoms with van der Waals surface area (Å²) in [5, 5.41) is 1.02. The second-order valence-electron chi connectivity index (χ2n) is 7.50. The zero-order valence-corrected chi connectivity index (χ0v) is 15.3. The van der Waals surface area contributed by atoms with Gasteiger partial charge in [-0.3, -0.25) is 4.98 Å². The third-order valence-electron chi connectivity index (χ3n) is 5.47. The molecule has 0 bridgehead atoms. The number of nitrogens with zero attached hydrogens (tertiary/aromatic N) is 5. The molecule has 4 aromatic rings. The number of imidazole rings is 1. The van der Waals surface area contributed by atoms with E-state index < -0.39 is 0 Å². The number of hydrogen-bond donors (Lipinski definition) is 1. The van der Waals surface area contributed by atoms with Gasteiger partial charge in [0.2, 0.25) is 0 Å². The van der Waals surface area contributed by atoms with Crippen molar-refractivity contribution in [2.45, 2.75) is 52.0 Å². The highest BCUT2D eigenvalue weighted by atomic mass is 15.1. The average Bonchev–Trinajstić information content (AvgIpc) is 3.12. The molecule has 0 aromatic carbocycles. The van der Waals surface area contributed by atoms with Crippen LogP contribution in [0.2, 0.25) is 0 Å². The highest BCUT2D eigenvalue weighted by Crippen LogP contribution is 2.35. The van der Waals surface area contributed by atoms with Gasteiger partial charge in [0.1, 0.15) is 22.8 Å². The number of H-pyrrole nitrogens is 1. The molecule has 26 heavy (non-hydrogen) atoms. The van der Waals surface area contributed by atoms with Crippen LogP contribution in [0.5, 0.6) is 0 Å². The van der Waals surface area contributed by atoms with Gasteiger partial charge in [-0.25, -0.2) is 15.0 Å². The molecule has 4 heterocycles. The monoisotopic (exact) mass is 346 g/mol. The van der Waals surface area contributed by atoms with E-state index in [1.807, 2.05) is 25.5 Å². The first kappa shape index (κ1) is 15.5. The van der Waals surface area contributed by atoms with Crippen LogP contribution >= 0.6 is 0 Å². The van der Waals surface area contributed by atoms with E-state index in [1.54, 1.807) is 0 Å². The number of pyridine rings is 1. The Labute approximate surface area is 151 Å². The maximum atomic E-state index is 4.74. The summed E-state index contributed by atoms with van der Waals surface area (Å²) in [5.74, 6) is 2.51. The van der Waals surface area contributed by atoms with Crippen molar-refractivity contribution in [3.05, 3.63) is 36.3 Å². The number of fused-ring (bicyclic) bond motifs is 2. The van der Waals surface area contributed by atoms with Gasteiger partial charge in [-0.05, 0) is 39.7 Å². The minimum atomic E-state index is 0.353. The molecule has 0 atom stereocenters. The first-order valence-corrected chi connectivity index (χ1v) is 9.31. The van der Waals surface area contributed by atoms with Gasteiger partial charge in [0.15, 0.2) is 0 Å². The van der Waals surface area contributed by atoms with Crippen molar-refractivity contribution >= 4 is 22.1 Å². The van der Waals surface area contributed by atoms with Crippen molar-refractivity contribution in [1.29, 1.82) is 0 Å². The highest BCUT2D eigenvalue weighted by molar-refractivity contribution is 5.93. The van der Waals surface area contributed by atoms with Crippen LogP contribution in [0.15, 0.2) is 24.7 Å². The SMILES string of the molecule is Cc1nc2cnc(-c3c[nH]c4nc(C5CCC5)ncc34)cc2n1C(C)C. The lowest BCUT2D eigenvalue weighted by Gasteiger charge is -2.23. The summed E-state index contributed by atoms with van der Waals surface area (Å²) in [6.07, 6.45) is 9.49. The van der Waals surface area contributed by atoms with Crippen LogP contribution in [0.1, 0.15) is 56.7 Å². The quantitative estimate of drug-likeness (QED) is 0.592. The number of aryl methyl sites for hydroxylation is 1. The predicted octanol–water partition coefficient (Wildman–Crippen LogP) is 4.53. The first-order valence-electron chi connectivity index (χ1n) is 9.31. The summed E-state index contributed by atoms with van der Waals surface area (Å²) >= 11 is 0. The zero-order chi connectivity index (χ0) is 17.8. The third-order valence-corrected chi connectivity index (χ3v) is 5.47. The van der Waals surface area contributed by atoms with Crippen molar-refractivity contribution in [1.82, 2.24) is 29.5 Å². The second kappa shape index (κ2) is 5.62. The van der Waals surface area contributed by atoms with Crippen molar-refractivity contribution in [3.63, 3.8) is 0 Å². The Kier molecular flexibility index (Phi) is 3.35. The largest absolute Gasteiger partial charge is 0.345 e. The van der Waals surface area contributed by atoms with E-state index in [1.165, 1.54) is 19.3 Å². The molecule has 1 saturated carbocycles. The second-order valence-corrected chi connectivity index (χ2v) is 7.50.